The van der Waals surface area contributed by atoms with Crippen LogP contribution in [-0.4, -0.2) is 12.1 Å². The zero-order chi connectivity index (χ0) is 24.9. The van der Waals surface area contributed by atoms with Crippen molar-refractivity contribution in [2.75, 3.05) is 0 Å². The van der Waals surface area contributed by atoms with E-state index < -0.39 is 0 Å². The Labute approximate surface area is 210 Å². The van der Waals surface area contributed by atoms with Crippen LogP contribution in [0, 0.1) is 35.0 Å². The molecule has 3 aliphatic carbocycles. The Morgan fingerprint density at radius 3 is 2.53 bits per heavy atom. The summed E-state index contributed by atoms with van der Waals surface area (Å²) in [7, 11) is 0. The Balaban J connectivity index is 1.66. The van der Waals surface area contributed by atoms with Gasteiger partial charge in [-0.2, -0.15) is 0 Å². The summed E-state index contributed by atoms with van der Waals surface area (Å²) in [6.45, 7) is 18.3. The summed E-state index contributed by atoms with van der Waals surface area (Å²) in [6.07, 6.45) is 18.9. The van der Waals surface area contributed by atoms with Gasteiger partial charge in [-0.15, -0.1) is 0 Å². The van der Waals surface area contributed by atoms with Crippen LogP contribution in [0.2, 0.25) is 0 Å². The molecule has 0 aliphatic heterocycles. The quantitative estimate of drug-likeness (QED) is 0.315. The number of rotatable bonds is 9. The van der Waals surface area contributed by atoms with E-state index in [1.807, 2.05) is 0 Å². The van der Waals surface area contributed by atoms with Crippen molar-refractivity contribution < 1.29 is 9.53 Å². The lowest BCUT2D eigenvalue weighted by atomic mass is 9.60. The third-order valence-corrected chi connectivity index (χ3v) is 9.21. The average Bonchev–Trinajstić information content (AvgIpc) is 3.10. The van der Waals surface area contributed by atoms with E-state index in [9.17, 15) is 4.79 Å². The Kier molecular flexibility index (Phi) is 9.70. The van der Waals surface area contributed by atoms with E-state index in [4.69, 9.17) is 4.74 Å². The molecule has 1 unspecified atom stereocenters. The van der Waals surface area contributed by atoms with Crippen molar-refractivity contribution in [2.45, 2.75) is 125 Å². The average molecular weight is 469 g/mol. The van der Waals surface area contributed by atoms with E-state index >= 15 is 0 Å². The lowest BCUT2D eigenvalue weighted by molar-refractivity contribution is -0.150. The topological polar surface area (TPSA) is 26.3 Å². The Bertz CT molecular complexity index is 770. The van der Waals surface area contributed by atoms with Gasteiger partial charge in [0, 0.05) is 12.8 Å². The van der Waals surface area contributed by atoms with Gasteiger partial charge in [-0.05, 0) is 85.5 Å². The maximum Gasteiger partial charge on any atom is 0.306 e. The number of hydrogen-bond donors (Lipinski definition) is 0. The van der Waals surface area contributed by atoms with Crippen LogP contribution in [0.3, 0.4) is 0 Å². The number of fused-ring (bicyclic) bond motifs is 1. The SMILES string of the molecule is C=C1CC[C@H](OC(=O)CC(C)C)C/C1=C/C=C1\CCC[C@@]2(C)C1CC[C@@H]2[C@H](C)CCCC(C)C. The molecule has 5 atom stereocenters. The van der Waals surface area contributed by atoms with Gasteiger partial charge < -0.3 is 4.74 Å². The van der Waals surface area contributed by atoms with Crippen molar-refractivity contribution in [2.24, 2.45) is 35.0 Å². The highest BCUT2D eigenvalue weighted by atomic mass is 16.5. The summed E-state index contributed by atoms with van der Waals surface area (Å²) in [5, 5.41) is 0. The molecule has 0 aromatic rings. The van der Waals surface area contributed by atoms with E-state index in [1.165, 1.54) is 62.5 Å². The maximum absolute atomic E-state index is 12.2. The largest absolute Gasteiger partial charge is 0.462 e. The van der Waals surface area contributed by atoms with E-state index in [0.717, 1.165) is 42.9 Å². The van der Waals surface area contributed by atoms with Crippen LogP contribution < -0.4 is 0 Å². The summed E-state index contributed by atoms with van der Waals surface area (Å²) in [4.78, 5) is 12.2. The highest BCUT2D eigenvalue weighted by Gasteiger charge is 2.50. The highest BCUT2D eigenvalue weighted by Crippen LogP contribution is 2.60. The molecule has 0 spiro atoms. The molecule has 3 fully saturated rings. The first kappa shape index (κ1) is 27.3. The molecular formula is C32H52O2. The second-order valence-electron chi connectivity index (χ2n) is 12.9. The highest BCUT2D eigenvalue weighted by molar-refractivity contribution is 5.69. The fourth-order valence-corrected chi connectivity index (χ4v) is 7.31. The monoisotopic (exact) mass is 468 g/mol. The van der Waals surface area contributed by atoms with Crippen molar-refractivity contribution in [3.8, 4) is 0 Å². The zero-order valence-electron chi connectivity index (χ0n) is 23.1. The third kappa shape index (κ3) is 6.88. The fraction of sp³-hybridized carbons (Fsp3) is 0.781. The predicted molar refractivity (Wildman–Crippen MR) is 145 cm³/mol. The van der Waals surface area contributed by atoms with Gasteiger partial charge in [0.15, 0.2) is 0 Å². The van der Waals surface area contributed by atoms with E-state index in [2.05, 4.69) is 60.3 Å². The first-order valence-electron chi connectivity index (χ1n) is 14.4. The lowest BCUT2D eigenvalue weighted by Gasteiger charge is -2.44. The molecule has 0 bridgehead atoms. The third-order valence-electron chi connectivity index (χ3n) is 9.21. The number of hydrogen-bond acceptors (Lipinski definition) is 2. The van der Waals surface area contributed by atoms with Crippen LogP contribution in [0.4, 0.5) is 0 Å². The summed E-state index contributed by atoms with van der Waals surface area (Å²) in [6, 6.07) is 0. The van der Waals surface area contributed by atoms with Crippen LogP contribution in [0.1, 0.15) is 119 Å². The second-order valence-corrected chi connectivity index (χ2v) is 12.9. The standard InChI is InChI=1S/C32H52O2/c1-22(2)10-8-11-25(6)29-17-18-30-26(12-9-19-32(29,30)7)14-15-27-21-28(16-13-24(27)5)34-31(33)20-23(3)4/h14-15,22-23,25,28-30H,5,8-13,16-21H2,1-4,6-7H3/b26-14+,27-15-/t25-,28+,29-,30?,32-/m1/s1. The van der Waals surface area contributed by atoms with Crippen molar-refractivity contribution in [1.82, 2.24) is 0 Å². The second kappa shape index (κ2) is 12.1. The van der Waals surface area contributed by atoms with Gasteiger partial charge in [0.25, 0.3) is 0 Å². The Hall–Kier alpha value is -1.31. The Morgan fingerprint density at radius 1 is 1.06 bits per heavy atom. The molecule has 0 amide bonds. The summed E-state index contributed by atoms with van der Waals surface area (Å²) < 4.78 is 5.80. The van der Waals surface area contributed by atoms with E-state index in [1.54, 1.807) is 5.57 Å². The van der Waals surface area contributed by atoms with Crippen molar-refractivity contribution in [1.29, 1.82) is 0 Å². The Morgan fingerprint density at radius 2 is 1.82 bits per heavy atom. The molecule has 0 saturated heterocycles. The first-order valence-corrected chi connectivity index (χ1v) is 14.4. The molecule has 0 aromatic carbocycles. The molecule has 3 saturated carbocycles. The predicted octanol–water partition coefficient (Wildman–Crippen LogP) is 9.22. The molecule has 2 nitrogen and oxygen atoms in total. The molecule has 192 valence electrons. The minimum absolute atomic E-state index is 0.0144. The van der Waals surface area contributed by atoms with Crippen LogP contribution in [0.5, 0.6) is 0 Å². The van der Waals surface area contributed by atoms with Gasteiger partial charge >= 0.3 is 5.97 Å². The molecule has 0 radical (unpaired) electrons. The van der Waals surface area contributed by atoms with Crippen LogP contribution >= 0.6 is 0 Å². The van der Waals surface area contributed by atoms with Crippen molar-refractivity contribution in [3.63, 3.8) is 0 Å². The number of allylic oxidation sites excluding steroid dienone is 4. The summed E-state index contributed by atoms with van der Waals surface area (Å²) in [5.41, 5.74) is 4.67. The molecule has 3 aliphatic rings. The van der Waals surface area contributed by atoms with Crippen LogP contribution in [0.15, 0.2) is 35.5 Å². The van der Waals surface area contributed by atoms with Crippen LogP contribution in [-0.2, 0) is 9.53 Å². The molecule has 0 aromatic heterocycles. The van der Waals surface area contributed by atoms with Gasteiger partial charge in [-0.1, -0.05) is 90.7 Å². The van der Waals surface area contributed by atoms with Gasteiger partial charge in [0.1, 0.15) is 6.10 Å². The minimum Gasteiger partial charge on any atom is -0.462 e. The number of ether oxygens (including phenoxy) is 1. The fourth-order valence-electron chi connectivity index (χ4n) is 7.31. The first-order chi connectivity index (χ1) is 16.1. The maximum atomic E-state index is 12.2. The van der Waals surface area contributed by atoms with Crippen LogP contribution in [0.25, 0.3) is 0 Å². The minimum atomic E-state index is -0.0484. The van der Waals surface area contributed by atoms with Gasteiger partial charge in [0.05, 0.1) is 0 Å². The summed E-state index contributed by atoms with van der Waals surface area (Å²) >= 11 is 0. The number of carbonyl (C=O) groups is 1. The number of esters is 1. The molecular weight excluding hydrogens is 416 g/mol. The van der Waals surface area contributed by atoms with E-state index in [0.29, 0.717) is 17.8 Å². The van der Waals surface area contributed by atoms with E-state index in [-0.39, 0.29) is 12.1 Å². The van der Waals surface area contributed by atoms with Gasteiger partial charge in [-0.3, -0.25) is 4.79 Å². The molecule has 34 heavy (non-hydrogen) atoms. The summed E-state index contributed by atoms with van der Waals surface area (Å²) in [5.74, 6) is 3.57. The van der Waals surface area contributed by atoms with Crippen molar-refractivity contribution >= 4 is 5.97 Å². The van der Waals surface area contributed by atoms with Gasteiger partial charge in [-0.25, -0.2) is 0 Å². The lowest BCUT2D eigenvalue weighted by Crippen LogP contribution is -2.36. The molecule has 0 N–H and O–H groups in total. The van der Waals surface area contributed by atoms with Crippen molar-refractivity contribution in [3.05, 3.63) is 35.5 Å². The smallest absolute Gasteiger partial charge is 0.306 e. The van der Waals surface area contributed by atoms with Gasteiger partial charge in [0.2, 0.25) is 0 Å². The number of carbonyl (C=O) groups excluding carboxylic acids is 1. The molecule has 3 rings (SSSR count). The normalized spacial score (nSPS) is 33.1. The molecule has 0 heterocycles. The zero-order valence-corrected chi connectivity index (χ0v) is 23.1. The molecule has 2 heteroatoms.